The SMILES string of the molecule is Cc1nc(-c2cccc(C(=O)NCC(C)CC(C)O)c2)n[nH]1. The number of amides is 1. The van der Waals surface area contributed by atoms with Gasteiger partial charge in [0.2, 0.25) is 0 Å². The van der Waals surface area contributed by atoms with Crippen LogP contribution in [0.15, 0.2) is 24.3 Å². The molecular formula is C16H22N4O2. The van der Waals surface area contributed by atoms with Gasteiger partial charge in [0.05, 0.1) is 6.10 Å². The lowest BCUT2D eigenvalue weighted by atomic mass is 10.0. The molecule has 0 bridgehead atoms. The molecule has 2 aromatic rings. The van der Waals surface area contributed by atoms with Gasteiger partial charge < -0.3 is 10.4 Å². The number of carbonyl (C=O) groups excluding carboxylic acids is 1. The summed E-state index contributed by atoms with van der Waals surface area (Å²) in [6.07, 6.45) is 0.306. The number of benzene rings is 1. The lowest BCUT2D eigenvalue weighted by Crippen LogP contribution is -2.29. The summed E-state index contributed by atoms with van der Waals surface area (Å²) >= 11 is 0. The number of aromatic amines is 1. The largest absolute Gasteiger partial charge is 0.393 e. The Hall–Kier alpha value is -2.21. The number of aliphatic hydroxyl groups is 1. The van der Waals surface area contributed by atoms with Crippen molar-refractivity contribution < 1.29 is 9.90 Å². The smallest absolute Gasteiger partial charge is 0.251 e. The van der Waals surface area contributed by atoms with Crippen LogP contribution in [0.2, 0.25) is 0 Å². The highest BCUT2D eigenvalue weighted by Crippen LogP contribution is 2.16. The molecule has 22 heavy (non-hydrogen) atoms. The standard InChI is InChI=1S/C16H22N4O2/c1-10(7-11(2)21)9-17-16(22)14-6-4-5-13(8-14)15-18-12(3)19-20-15/h4-6,8,10-11,21H,7,9H2,1-3H3,(H,17,22)(H,18,19,20). The minimum atomic E-state index is -0.357. The van der Waals surface area contributed by atoms with E-state index in [1.165, 1.54) is 0 Å². The van der Waals surface area contributed by atoms with Crippen molar-refractivity contribution >= 4 is 5.91 Å². The van der Waals surface area contributed by atoms with Gasteiger partial charge >= 0.3 is 0 Å². The Morgan fingerprint density at radius 2 is 2.18 bits per heavy atom. The normalized spacial score (nSPS) is 13.6. The third kappa shape index (κ3) is 4.39. The van der Waals surface area contributed by atoms with Gasteiger partial charge in [0.1, 0.15) is 5.82 Å². The van der Waals surface area contributed by atoms with E-state index in [1.54, 1.807) is 19.1 Å². The Kier molecular flexibility index (Phi) is 5.27. The average Bonchev–Trinajstić information content (AvgIpc) is 2.91. The minimum Gasteiger partial charge on any atom is -0.393 e. The van der Waals surface area contributed by atoms with Crippen LogP contribution in [-0.2, 0) is 0 Å². The van der Waals surface area contributed by atoms with Crippen LogP contribution in [0.25, 0.3) is 11.4 Å². The van der Waals surface area contributed by atoms with E-state index in [2.05, 4.69) is 20.5 Å². The predicted molar refractivity (Wildman–Crippen MR) is 84.4 cm³/mol. The second-order valence-electron chi connectivity index (χ2n) is 5.73. The molecule has 6 heteroatoms. The minimum absolute atomic E-state index is 0.133. The lowest BCUT2D eigenvalue weighted by molar-refractivity contribution is 0.0939. The molecule has 2 rings (SSSR count). The zero-order valence-corrected chi connectivity index (χ0v) is 13.1. The van der Waals surface area contributed by atoms with Crippen LogP contribution >= 0.6 is 0 Å². The van der Waals surface area contributed by atoms with Gasteiger partial charge in [-0.3, -0.25) is 9.89 Å². The Morgan fingerprint density at radius 3 is 2.82 bits per heavy atom. The maximum atomic E-state index is 12.2. The van der Waals surface area contributed by atoms with Gasteiger partial charge in [-0.05, 0) is 38.3 Å². The van der Waals surface area contributed by atoms with Gasteiger partial charge in [-0.1, -0.05) is 19.1 Å². The van der Waals surface area contributed by atoms with Crippen LogP contribution in [0.1, 0.15) is 36.5 Å². The second-order valence-corrected chi connectivity index (χ2v) is 5.73. The molecule has 1 heterocycles. The number of aryl methyl sites for hydroxylation is 1. The van der Waals surface area contributed by atoms with E-state index in [1.807, 2.05) is 26.0 Å². The summed E-state index contributed by atoms with van der Waals surface area (Å²) in [6.45, 7) is 6.12. The number of aromatic nitrogens is 3. The summed E-state index contributed by atoms with van der Waals surface area (Å²) in [5.41, 5.74) is 1.37. The van der Waals surface area contributed by atoms with E-state index in [0.29, 0.717) is 24.4 Å². The van der Waals surface area contributed by atoms with E-state index in [0.717, 1.165) is 11.4 Å². The van der Waals surface area contributed by atoms with Crippen LogP contribution < -0.4 is 5.32 Å². The highest BCUT2D eigenvalue weighted by Gasteiger charge is 2.11. The zero-order chi connectivity index (χ0) is 16.1. The topological polar surface area (TPSA) is 90.9 Å². The molecule has 6 nitrogen and oxygen atoms in total. The summed E-state index contributed by atoms with van der Waals surface area (Å²) in [4.78, 5) is 16.5. The summed E-state index contributed by atoms with van der Waals surface area (Å²) in [5.74, 6) is 1.40. The summed E-state index contributed by atoms with van der Waals surface area (Å²) in [7, 11) is 0. The van der Waals surface area contributed by atoms with Crippen molar-refractivity contribution in [3.8, 4) is 11.4 Å². The highest BCUT2D eigenvalue weighted by atomic mass is 16.3. The number of nitrogens with zero attached hydrogens (tertiary/aromatic N) is 2. The van der Waals surface area contributed by atoms with Gasteiger partial charge in [-0.2, -0.15) is 5.10 Å². The molecule has 0 saturated heterocycles. The fraction of sp³-hybridized carbons (Fsp3) is 0.438. The third-order valence-electron chi connectivity index (χ3n) is 3.33. The van der Waals surface area contributed by atoms with E-state index >= 15 is 0 Å². The first kappa shape index (κ1) is 16.2. The maximum Gasteiger partial charge on any atom is 0.251 e. The van der Waals surface area contributed by atoms with Gasteiger partial charge in [0.15, 0.2) is 5.82 Å². The maximum absolute atomic E-state index is 12.2. The van der Waals surface area contributed by atoms with Crippen molar-refractivity contribution in [3.63, 3.8) is 0 Å². The Labute approximate surface area is 130 Å². The molecule has 1 aromatic heterocycles. The lowest BCUT2D eigenvalue weighted by Gasteiger charge is -2.14. The van der Waals surface area contributed by atoms with Crippen LogP contribution in [-0.4, -0.2) is 38.8 Å². The number of hydrogen-bond donors (Lipinski definition) is 3. The quantitative estimate of drug-likeness (QED) is 0.760. The molecular weight excluding hydrogens is 280 g/mol. The molecule has 0 aliphatic rings. The second kappa shape index (κ2) is 7.17. The van der Waals surface area contributed by atoms with Crippen molar-refractivity contribution in [3.05, 3.63) is 35.7 Å². The van der Waals surface area contributed by atoms with Gasteiger partial charge in [-0.25, -0.2) is 4.98 Å². The van der Waals surface area contributed by atoms with Crippen molar-refractivity contribution in [1.82, 2.24) is 20.5 Å². The first-order valence-electron chi connectivity index (χ1n) is 7.41. The molecule has 0 aliphatic heterocycles. The average molecular weight is 302 g/mol. The Bertz CT molecular complexity index is 637. The van der Waals surface area contributed by atoms with Crippen LogP contribution in [0.4, 0.5) is 0 Å². The molecule has 118 valence electrons. The van der Waals surface area contributed by atoms with Gasteiger partial charge in [0, 0.05) is 17.7 Å². The molecule has 0 aliphatic carbocycles. The predicted octanol–water partition coefficient (Wildman–Crippen LogP) is 1.92. The Balaban J connectivity index is 2.01. The monoisotopic (exact) mass is 302 g/mol. The van der Waals surface area contributed by atoms with Crippen LogP contribution in [0.5, 0.6) is 0 Å². The number of carbonyl (C=O) groups is 1. The highest BCUT2D eigenvalue weighted by molar-refractivity contribution is 5.95. The molecule has 2 unspecified atom stereocenters. The summed E-state index contributed by atoms with van der Waals surface area (Å²) in [5, 5.41) is 19.1. The molecule has 0 fully saturated rings. The molecule has 0 radical (unpaired) electrons. The van der Waals surface area contributed by atoms with Crippen molar-refractivity contribution in [2.24, 2.45) is 5.92 Å². The van der Waals surface area contributed by atoms with Gasteiger partial charge in [0.25, 0.3) is 5.91 Å². The fourth-order valence-corrected chi connectivity index (χ4v) is 2.31. The summed E-state index contributed by atoms with van der Waals surface area (Å²) in [6, 6.07) is 7.22. The zero-order valence-electron chi connectivity index (χ0n) is 13.1. The van der Waals surface area contributed by atoms with E-state index in [4.69, 9.17) is 0 Å². The van der Waals surface area contributed by atoms with E-state index in [-0.39, 0.29) is 17.9 Å². The number of H-pyrrole nitrogens is 1. The van der Waals surface area contributed by atoms with Crippen LogP contribution in [0.3, 0.4) is 0 Å². The first-order valence-corrected chi connectivity index (χ1v) is 7.41. The third-order valence-corrected chi connectivity index (χ3v) is 3.33. The van der Waals surface area contributed by atoms with Crippen LogP contribution in [0, 0.1) is 12.8 Å². The fourth-order valence-electron chi connectivity index (χ4n) is 2.31. The molecule has 2 atom stereocenters. The molecule has 0 spiro atoms. The molecule has 0 saturated carbocycles. The van der Waals surface area contributed by atoms with E-state index < -0.39 is 0 Å². The molecule has 3 N–H and O–H groups in total. The first-order chi connectivity index (χ1) is 10.5. The molecule has 1 aromatic carbocycles. The van der Waals surface area contributed by atoms with Crippen molar-refractivity contribution in [2.45, 2.75) is 33.3 Å². The number of rotatable bonds is 6. The van der Waals surface area contributed by atoms with Crippen molar-refractivity contribution in [1.29, 1.82) is 0 Å². The number of aliphatic hydroxyl groups excluding tert-OH is 1. The molecule has 1 amide bonds. The number of nitrogens with one attached hydrogen (secondary N) is 2. The van der Waals surface area contributed by atoms with E-state index in [9.17, 15) is 9.90 Å². The van der Waals surface area contributed by atoms with Gasteiger partial charge in [-0.15, -0.1) is 0 Å². The number of hydrogen-bond acceptors (Lipinski definition) is 4. The summed E-state index contributed by atoms with van der Waals surface area (Å²) < 4.78 is 0. The Morgan fingerprint density at radius 1 is 1.41 bits per heavy atom. The van der Waals surface area contributed by atoms with Crippen molar-refractivity contribution in [2.75, 3.05) is 6.54 Å².